The number of nitrogens with one attached hydrogen (secondary N) is 2. The Morgan fingerprint density at radius 3 is 3.19 bits per heavy atom. The van der Waals surface area contributed by atoms with Gasteiger partial charge >= 0.3 is 5.69 Å². The van der Waals surface area contributed by atoms with E-state index in [0.29, 0.717) is 5.65 Å². The number of aromatic nitrogens is 4. The molecule has 2 atom stereocenters. The maximum atomic E-state index is 11.3. The molecule has 84 valence electrons. The highest BCUT2D eigenvalue weighted by molar-refractivity contribution is 5.43. The molecule has 2 unspecified atom stereocenters. The lowest BCUT2D eigenvalue weighted by Gasteiger charge is -2.03. The molecule has 6 heteroatoms. The predicted octanol–water partition coefficient (Wildman–Crippen LogP) is 0.485. The number of fused-ring (bicyclic) bond motifs is 1. The molecule has 0 spiro atoms. The molecular weight excluding hydrogens is 206 g/mol. The first-order valence-electron chi connectivity index (χ1n) is 5.42. The fourth-order valence-corrected chi connectivity index (χ4v) is 1.82. The van der Waals surface area contributed by atoms with Gasteiger partial charge in [-0.3, -0.25) is 0 Å². The summed E-state index contributed by atoms with van der Waals surface area (Å²) in [5.41, 5.74) is 0.230. The number of nitrogens with zero attached hydrogens (tertiary/aromatic N) is 3. The molecule has 2 aromatic heterocycles. The van der Waals surface area contributed by atoms with E-state index in [1.807, 2.05) is 6.07 Å². The zero-order chi connectivity index (χ0) is 11.1. The standard InChI is InChI=1S/C10H13N5O/c1-6-4-7(6)5-11-8-2-3-9-12-13-10(16)15(9)14-8/h2-3,6-7H,4-5H2,1H3,(H,11,14)(H,13,16). The second kappa shape index (κ2) is 3.33. The van der Waals surface area contributed by atoms with Crippen LogP contribution in [0.25, 0.3) is 5.65 Å². The van der Waals surface area contributed by atoms with Crippen molar-refractivity contribution in [1.29, 1.82) is 0 Å². The largest absolute Gasteiger partial charge is 0.368 e. The molecule has 0 amide bonds. The van der Waals surface area contributed by atoms with Crippen LogP contribution in [-0.4, -0.2) is 26.4 Å². The predicted molar refractivity (Wildman–Crippen MR) is 59.4 cm³/mol. The van der Waals surface area contributed by atoms with Crippen LogP contribution in [0.3, 0.4) is 0 Å². The fraction of sp³-hybridized carbons (Fsp3) is 0.500. The summed E-state index contributed by atoms with van der Waals surface area (Å²) in [7, 11) is 0. The number of rotatable bonds is 3. The summed E-state index contributed by atoms with van der Waals surface area (Å²) in [5, 5.41) is 13.6. The molecule has 1 saturated carbocycles. The van der Waals surface area contributed by atoms with E-state index in [1.54, 1.807) is 6.07 Å². The van der Waals surface area contributed by atoms with Gasteiger partial charge in [0, 0.05) is 6.54 Å². The number of H-pyrrole nitrogens is 1. The Morgan fingerprint density at radius 1 is 1.62 bits per heavy atom. The Kier molecular flexibility index (Phi) is 1.95. The molecule has 1 aliphatic rings. The molecule has 0 bridgehead atoms. The Morgan fingerprint density at radius 2 is 2.44 bits per heavy atom. The van der Waals surface area contributed by atoms with E-state index in [4.69, 9.17) is 0 Å². The van der Waals surface area contributed by atoms with Gasteiger partial charge in [-0.1, -0.05) is 6.92 Å². The topological polar surface area (TPSA) is 75.1 Å². The zero-order valence-electron chi connectivity index (χ0n) is 8.97. The highest BCUT2D eigenvalue weighted by Crippen LogP contribution is 2.37. The summed E-state index contributed by atoms with van der Waals surface area (Å²) in [4.78, 5) is 11.3. The molecular formula is C10H13N5O. The van der Waals surface area contributed by atoms with Crippen molar-refractivity contribution in [3.63, 3.8) is 0 Å². The molecule has 16 heavy (non-hydrogen) atoms. The summed E-state index contributed by atoms with van der Waals surface area (Å²) in [6, 6.07) is 3.60. The maximum Gasteiger partial charge on any atom is 0.364 e. The summed E-state index contributed by atoms with van der Waals surface area (Å²) in [6.45, 7) is 3.16. The van der Waals surface area contributed by atoms with Gasteiger partial charge in [-0.2, -0.15) is 9.61 Å². The minimum absolute atomic E-state index is 0.307. The van der Waals surface area contributed by atoms with Gasteiger partial charge in [-0.05, 0) is 30.4 Å². The van der Waals surface area contributed by atoms with E-state index >= 15 is 0 Å². The number of aromatic amines is 1. The van der Waals surface area contributed by atoms with Crippen LogP contribution in [0.1, 0.15) is 13.3 Å². The van der Waals surface area contributed by atoms with Crippen molar-refractivity contribution in [2.75, 3.05) is 11.9 Å². The molecule has 0 saturated heterocycles. The van der Waals surface area contributed by atoms with Gasteiger partial charge in [0.05, 0.1) is 0 Å². The second-order valence-corrected chi connectivity index (χ2v) is 4.37. The van der Waals surface area contributed by atoms with Crippen molar-refractivity contribution in [2.45, 2.75) is 13.3 Å². The summed E-state index contributed by atoms with van der Waals surface area (Å²) >= 11 is 0. The van der Waals surface area contributed by atoms with Crippen LogP contribution < -0.4 is 11.0 Å². The molecule has 0 radical (unpaired) electrons. The smallest absolute Gasteiger partial charge is 0.364 e. The SMILES string of the molecule is CC1CC1CNc1ccc2n[nH]c(=O)n2n1. The first-order valence-corrected chi connectivity index (χ1v) is 5.42. The van der Waals surface area contributed by atoms with Crippen LogP contribution in [0.5, 0.6) is 0 Å². The second-order valence-electron chi connectivity index (χ2n) is 4.37. The Labute approximate surface area is 91.7 Å². The van der Waals surface area contributed by atoms with Crippen molar-refractivity contribution in [3.8, 4) is 0 Å². The minimum atomic E-state index is -0.307. The van der Waals surface area contributed by atoms with Gasteiger partial charge in [-0.25, -0.2) is 9.89 Å². The Bertz CT molecular complexity index is 572. The van der Waals surface area contributed by atoms with Gasteiger partial charge in [-0.15, -0.1) is 5.10 Å². The van der Waals surface area contributed by atoms with Crippen molar-refractivity contribution in [3.05, 3.63) is 22.6 Å². The summed E-state index contributed by atoms with van der Waals surface area (Å²) in [6.07, 6.45) is 1.28. The van der Waals surface area contributed by atoms with Crippen LogP contribution in [0, 0.1) is 11.8 Å². The summed E-state index contributed by atoms with van der Waals surface area (Å²) < 4.78 is 1.26. The van der Waals surface area contributed by atoms with Gasteiger partial charge in [0.15, 0.2) is 5.65 Å². The number of hydrogen-bond donors (Lipinski definition) is 2. The third kappa shape index (κ3) is 1.56. The molecule has 2 heterocycles. The normalized spacial score (nSPS) is 23.6. The van der Waals surface area contributed by atoms with Gasteiger partial charge in [0.1, 0.15) is 5.82 Å². The van der Waals surface area contributed by atoms with Crippen molar-refractivity contribution < 1.29 is 0 Å². The average Bonchev–Trinajstić information content (AvgIpc) is 2.88. The Hall–Kier alpha value is -1.85. The lowest BCUT2D eigenvalue weighted by molar-refractivity contribution is 0.777. The van der Waals surface area contributed by atoms with Crippen LogP contribution in [0.2, 0.25) is 0 Å². The van der Waals surface area contributed by atoms with E-state index in [0.717, 1.165) is 24.2 Å². The monoisotopic (exact) mass is 219 g/mol. The number of hydrogen-bond acceptors (Lipinski definition) is 4. The molecule has 2 aromatic rings. The first kappa shape index (κ1) is 9.38. The quantitative estimate of drug-likeness (QED) is 0.787. The van der Waals surface area contributed by atoms with Crippen LogP contribution in [-0.2, 0) is 0 Å². The molecule has 3 rings (SSSR count). The molecule has 0 aliphatic heterocycles. The summed E-state index contributed by atoms with van der Waals surface area (Å²) in [5.74, 6) is 2.28. The van der Waals surface area contributed by atoms with Crippen molar-refractivity contribution in [2.24, 2.45) is 11.8 Å². The van der Waals surface area contributed by atoms with E-state index in [9.17, 15) is 4.79 Å². The van der Waals surface area contributed by atoms with E-state index in [1.165, 1.54) is 10.9 Å². The molecule has 6 nitrogen and oxygen atoms in total. The van der Waals surface area contributed by atoms with Gasteiger partial charge < -0.3 is 5.32 Å². The minimum Gasteiger partial charge on any atom is -0.368 e. The molecule has 0 aromatic carbocycles. The van der Waals surface area contributed by atoms with Crippen LogP contribution >= 0.6 is 0 Å². The van der Waals surface area contributed by atoms with E-state index in [2.05, 4.69) is 27.5 Å². The van der Waals surface area contributed by atoms with E-state index < -0.39 is 0 Å². The molecule has 1 fully saturated rings. The highest BCUT2D eigenvalue weighted by atomic mass is 16.2. The lowest BCUT2D eigenvalue weighted by atomic mass is 10.3. The van der Waals surface area contributed by atoms with Gasteiger partial charge in [0.2, 0.25) is 0 Å². The van der Waals surface area contributed by atoms with Gasteiger partial charge in [0.25, 0.3) is 0 Å². The molecule has 2 N–H and O–H groups in total. The van der Waals surface area contributed by atoms with E-state index in [-0.39, 0.29) is 5.69 Å². The van der Waals surface area contributed by atoms with Crippen molar-refractivity contribution in [1.82, 2.24) is 19.8 Å². The lowest BCUT2D eigenvalue weighted by Crippen LogP contribution is -2.14. The highest BCUT2D eigenvalue weighted by Gasteiger charge is 2.31. The zero-order valence-corrected chi connectivity index (χ0v) is 8.97. The number of anilines is 1. The maximum absolute atomic E-state index is 11.3. The Balaban J connectivity index is 1.81. The molecule has 1 aliphatic carbocycles. The van der Waals surface area contributed by atoms with Crippen LogP contribution in [0.15, 0.2) is 16.9 Å². The van der Waals surface area contributed by atoms with Crippen molar-refractivity contribution >= 4 is 11.5 Å². The third-order valence-corrected chi connectivity index (χ3v) is 3.09. The average molecular weight is 219 g/mol. The fourth-order valence-electron chi connectivity index (χ4n) is 1.82. The third-order valence-electron chi connectivity index (χ3n) is 3.09. The first-order chi connectivity index (χ1) is 7.74. The van der Waals surface area contributed by atoms with Crippen LogP contribution in [0.4, 0.5) is 5.82 Å².